The van der Waals surface area contributed by atoms with E-state index < -0.39 is 0 Å². The highest BCUT2D eigenvalue weighted by atomic mass is 79.9. The molecule has 7 heteroatoms. The number of aromatic nitrogens is 5. The average molecular weight is 372 g/mol. The van der Waals surface area contributed by atoms with Crippen LogP contribution in [0.25, 0.3) is 23.1 Å². The van der Waals surface area contributed by atoms with Crippen LogP contribution in [-0.2, 0) is 0 Å². The van der Waals surface area contributed by atoms with Crippen LogP contribution in [0, 0.1) is 0 Å². The normalized spacial score (nSPS) is 15.3. The lowest BCUT2D eigenvalue weighted by Crippen LogP contribution is -2.17. The van der Waals surface area contributed by atoms with Crippen LogP contribution in [0.15, 0.2) is 33.7 Å². The first kappa shape index (κ1) is 14.3. The first-order valence-corrected chi connectivity index (χ1v) is 8.28. The molecular weight excluding hydrogens is 358 g/mol. The number of rotatable bonds is 3. The average Bonchev–Trinajstić information content (AvgIpc) is 2.92. The van der Waals surface area contributed by atoms with Crippen LogP contribution in [0.3, 0.4) is 0 Å². The lowest BCUT2D eigenvalue weighted by atomic mass is 9.93. The predicted octanol–water partition coefficient (Wildman–Crippen LogP) is 3.17. The molecule has 0 atom stereocenters. The zero-order chi connectivity index (χ0) is 15.8. The Kier molecular flexibility index (Phi) is 3.57. The molecule has 0 spiro atoms. The van der Waals surface area contributed by atoms with E-state index in [4.69, 9.17) is 0 Å². The van der Waals surface area contributed by atoms with Crippen molar-refractivity contribution in [3.05, 3.63) is 50.7 Å². The van der Waals surface area contributed by atoms with Gasteiger partial charge in [0.1, 0.15) is 11.5 Å². The molecule has 6 nitrogen and oxygen atoms in total. The van der Waals surface area contributed by atoms with E-state index in [0.29, 0.717) is 22.8 Å². The second-order valence-electron chi connectivity index (χ2n) is 5.65. The monoisotopic (exact) mass is 371 g/mol. The van der Waals surface area contributed by atoms with Crippen LogP contribution < -0.4 is 5.56 Å². The van der Waals surface area contributed by atoms with E-state index in [0.717, 1.165) is 10.2 Å². The molecule has 0 amide bonds. The van der Waals surface area contributed by atoms with Gasteiger partial charge in [0.25, 0.3) is 5.56 Å². The van der Waals surface area contributed by atoms with Crippen molar-refractivity contribution in [2.24, 2.45) is 0 Å². The summed E-state index contributed by atoms with van der Waals surface area (Å²) in [6.07, 6.45) is 9.08. The minimum atomic E-state index is -0.158. The Bertz CT molecular complexity index is 955. The van der Waals surface area contributed by atoms with Gasteiger partial charge in [0.2, 0.25) is 0 Å². The van der Waals surface area contributed by atoms with Crippen LogP contribution in [0.2, 0.25) is 0 Å². The van der Waals surface area contributed by atoms with Gasteiger partial charge in [-0.15, -0.1) is 5.10 Å². The summed E-state index contributed by atoms with van der Waals surface area (Å²) in [7, 11) is 0. The largest absolute Gasteiger partial charge is 0.306 e. The summed E-state index contributed by atoms with van der Waals surface area (Å²) in [4.78, 5) is 19.3. The number of H-pyrrole nitrogens is 1. The van der Waals surface area contributed by atoms with Crippen molar-refractivity contribution in [1.29, 1.82) is 0 Å². The summed E-state index contributed by atoms with van der Waals surface area (Å²) < 4.78 is 2.77. The smallest absolute Gasteiger partial charge is 0.259 e. The van der Waals surface area contributed by atoms with Gasteiger partial charge >= 0.3 is 0 Å². The molecule has 23 heavy (non-hydrogen) atoms. The predicted molar refractivity (Wildman–Crippen MR) is 91.9 cm³/mol. The Labute approximate surface area is 140 Å². The van der Waals surface area contributed by atoms with Crippen molar-refractivity contribution < 1.29 is 0 Å². The third-order valence-electron chi connectivity index (χ3n) is 4.07. The second kappa shape index (κ2) is 5.73. The Morgan fingerprint density at radius 3 is 2.96 bits per heavy atom. The van der Waals surface area contributed by atoms with E-state index in [9.17, 15) is 4.79 Å². The Morgan fingerprint density at radius 1 is 1.30 bits per heavy atom. The van der Waals surface area contributed by atoms with Crippen molar-refractivity contribution >= 4 is 39.0 Å². The number of benzene rings is 1. The van der Waals surface area contributed by atoms with Gasteiger partial charge in [0.15, 0.2) is 0 Å². The van der Waals surface area contributed by atoms with Crippen molar-refractivity contribution in [2.75, 3.05) is 0 Å². The fourth-order valence-corrected chi connectivity index (χ4v) is 2.93. The third kappa shape index (κ3) is 2.84. The van der Waals surface area contributed by atoms with E-state index in [1.54, 1.807) is 12.1 Å². The summed E-state index contributed by atoms with van der Waals surface area (Å²) >= 11 is 3.36. The Hall–Kier alpha value is -2.28. The number of nitrogens with one attached hydrogen (secondary N) is 1. The quantitative estimate of drug-likeness (QED) is 0.766. The highest BCUT2D eigenvalue weighted by Crippen LogP contribution is 2.30. The zero-order valence-electron chi connectivity index (χ0n) is 12.2. The molecule has 2 aromatic heterocycles. The van der Waals surface area contributed by atoms with Gasteiger partial charge in [0.05, 0.1) is 23.1 Å². The molecule has 1 saturated carbocycles. The molecule has 4 rings (SSSR count). The van der Waals surface area contributed by atoms with E-state index in [-0.39, 0.29) is 5.56 Å². The molecule has 0 radical (unpaired) electrons. The maximum Gasteiger partial charge on any atom is 0.259 e. The SMILES string of the molecule is O=c1[nH]c(/C=C/c2cn(C3CCC3)nn2)nc2ccc(Br)cc12. The standard InChI is InChI=1S/C16H14BrN5O/c17-10-4-6-14-13(8-10)16(23)19-15(18-14)7-5-11-9-22(21-20-11)12-2-1-3-12/h4-9,12H,1-3H2,(H,18,19,23)/b7-5+. The van der Waals surface area contributed by atoms with E-state index in [1.807, 2.05) is 29.1 Å². The number of halogens is 1. The van der Waals surface area contributed by atoms with Crippen LogP contribution in [0.4, 0.5) is 0 Å². The van der Waals surface area contributed by atoms with Gasteiger partial charge in [0, 0.05) is 4.47 Å². The number of aromatic amines is 1. The molecule has 1 aliphatic rings. The molecule has 3 aromatic rings. The molecule has 1 N–H and O–H groups in total. The lowest BCUT2D eigenvalue weighted by Gasteiger charge is -2.24. The highest BCUT2D eigenvalue weighted by molar-refractivity contribution is 9.10. The van der Waals surface area contributed by atoms with Gasteiger partial charge in [-0.1, -0.05) is 21.1 Å². The summed E-state index contributed by atoms with van der Waals surface area (Å²) in [5.41, 5.74) is 1.26. The minimum Gasteiger partial charge on any atom is -0.306 e. The third-order valence-corrected chi connectivity index (χ3v) is 4.57. The number of fused-ring (bicyclic) bond motifs is 1. The molecule has 2 heterocycles. The topological polar surface area (TPSA) is 76.5 Å². The van der Waals surface area contributed by atoms with Crippen molar-refractivity contribution in [3.63, 3.8) is 0 Å². The summed E-state index contributed by atoms with van der Waals surface area (Å²) in [6.45, 7) is 0. The van der Waals surface area contributed by atoms with E-state index in [1.165, 1.54) is 19.3 Å². The second-order valence-corrected chi connectivity index (χ2v) is 6.57. The van der Waals surface area contributed by atoms with Crippen molar-refractivity contribution in [1.82, 2.24) is 25.0 Å². The Balaban J connectivity index is 1.62. The first-order valence-electron chi connectivity index (χ1n) is 7.48. The molecule has 0 saturated heterocycles. The lowest BCUT2D eigenvalue weighted by molar-refractivity contribution is 0.284. The molecule has 0 aliphatic heterocycles. The number of nitrogens with zero attached hydrogens (tertiary/aromatic N) is 4. The molecular formula is C16H14BrN5O. The van der Waals surface area contributed by atoms with Gasteiger partial charge in [-0.3, -0.25) is 4.79 Å². The molecule has 1 aliphatic carbocycles. The van der Waals surface area contributed by atoms with E-state index in [2.05, 4.69) is 36.2 Å². The van der Waals surface area contributed by atoms with Crippen LogP contribution >= 0.6 is 15.9 Å². The maximum absolute atomic E-state index is 12.1. The molecule has 116 valence electrons. The highest BCUT2D eigenvalue weighted by Gasteiger charge is 2.20. The molecule has 1 aromatic carbocycles. The summed E-state index contributed by atoms with van der Waals surface area (Å²) in [5, 5.41) is 8.84. The van der Waals surface area contributed by atoms with Gasteiger partial charge in [-0.05, 0) is 49.6 Å². The number of hydrogen-bond acceptors (Lipinski definition) is 4. The zero-order valence-corrected chi connectivity index (χ0v) is 13.8. The minimum absolute atomic E-state index is 0.158. The van der Waals surface area contributed by atoms with Crippen LogP contribution in [-0.4, -0.2) is 25.0 Å². The van der Waals surface area contributed by atoms with Crippen molar-refractivity contribution in [3.8, 4) is 0 Å². The van der Waals surface area contributed by atoms with Crippen LogP contribution in [0.1, 0.15) is 36.8 Å². The summed E-state index contributed by atoms with van der Waals surface area (Å²) in [6, 6.07) is 5.94. The molecule has 1 fully saturated rings. The van der Waals surface area contributed by atoms with Gasteiger partial charge in [-0.2, -0.15) is 0 Å². The van der Waals surface area contributed by atoms with Gasteiger partial charge < -0.3 is 4.98 Å². The van der Waals surface area contributed by atoms with Crippen LogP contribution in [0.5, 0.6) is 0 Å². The first-order chi connectivity index (χ1) is 11.2. The van der Waals surface area contributed by atoms with Crippen molar-refractivity contribution in [2.45, 2.75) is 25.3 Å². The maximum atomic E-state index is 12.1. The Morgan fingerprint density at radius 2 is 2.17 bits per heavy atom. The fraction of sp³-hybridized carbons (Fsp3) is 0.250. The summed E-state index contributed by atoms with van der Waals surface area (Å²) in [5.74, 6) is 0.503. The number of hydrogen-bond donors (Lipinski definition) is 1. The van der Waals surface area contributed by atoms with E-state index >= 15 is 0 Å². The molecule has 0 unspecified atom stereocenters. The molecule has 0 bridgehead atoms. The van der Waals surface area contributed by atoms with Gasteiger partial charge in [-0.25, -0.2) is 9.67 Å². The fourth-order valence-electron chi connectivity index (χ4n) is 2.57.